The van der Waals surface area contributed by atoms with Crippen molar-refractivity contribution < 1.29 is 14.3 Å². The summed E-state index contributed by atoms with van der Waals surface area (Å²) in [7, 11) is 3.11. The lowest BCUT2D eigenvalue weighted by Gasteiger charge is -2.21. The van der Waals surface area contributed by atoms with Gasteiger partial charge in [0.2, 0.25) is 5.78 Å². The van der Waals surface area contributed by atoms with Crippen molar-refractivity contribution in [3.8, 4) is 11.5 Å². The van der Waals surface area contributed by atoms with Crippen LogP contribution in [0, 0.1) is 0 Å². The molecule has 7 heteroatoms. The number of H-pyrrole nitrogens is 1. The molecule has 4 rings (SSSR count). The van der Waals surface area contributed by atoms with Gasteiger partial charge in [0.05, 0.1) is 36.6 Å². The maximum Gasteiger partial charge on any atom is 0.216 e. The standard InChI is InChI=1S/C20H18N4O3/c1-11-18(25)17(20-22-15-6-4-5-7-16(15)23-20)19(21)24(11)12-8-13(26-2)10-14(9-12)27-3/h4-10H,1,21H2,2-3H3,(H,22,23). The average molecular weight is 362 g/mol. The van der Waals surface area contributed by atoms with Crippen LogP contribution in [-0.2, 0) is 4.79 Å². The highest BCUT2D eigenvalue weighted by Gasteiger charge is 2.36. The number of carbonyl (C=O) groups excluding carboxylic acids is 1. The molecule has 136 valence electrons. The molecule has 1 aromatic heterocycles. The van der Waals surface area contributed by atoms with Crippen LogP contribution in [0.4, 0.5) is 5.69 Å². The van der Waals surface area contributed by atoms with Gasteiger partial charge in [0.15, 0.2) is 0 Å². The number of benzene rings is 2. The topological polar surface area (TPSA) is 93.5 Å². The number of methoxy groups -OCH3 is 2. The monoisotopic (exact) mass is 362 g/mol. The fourth-order valence-electron chi connectivity index (χ4n) is 3.14. The fraction of sp³-hybridized carbons (Fsp3) is 0.100. The summed E-state index contributed by atoms with van der Waals surface area (Å²) in [4.78, 5) is 22.1. The summed E-state index contributed by atoms with van der Waals surface area (Å²) in [5.41, 5.74) is 9.08. The van der Waals surface area contributed by atoms with Crippen molar-refractivity contribution in [1.82, 2.24) is 9.97 Å². The number of ether oxygens (including phenoxy) is 2. The lowest BCUT2D eigenvalue weighted by molar-refractivity contribution is -0.110. The molecule has 1 aliphatic heterocycles. The second-order valence-electron chi connectivity index (χ2n) is 6.04. The Morgan fingerprint density at radius 3 is 2.41 bits per heavy atom. The van der Waals surface area contributed by atoms with E-state index in [-0.39, 0.29) is 22.9 Å². The van der Waals surface area contributed by atoms with E-state index >= 15 is 0 Å². The van der Waals surface area contributed by atoms with Gasteiger partial charge in [-0.25, -0.2) is 4.98 Å². The lowest BCUT2D eigenvalue weighted by atomic mass is 10.1. The van der Waals surface area contributed by atoms with E-state index in [1.165, 1.54) is 0 Å². The van der Waals surface area contributed by atoms with Gasteiger partial charge in [0, 0.05) is 18.2 Å². The number of Topliss-reactive ketones (excluding diaryl/α,β-unsaturated/α-hetero) is 1. The van der Waals surface area contributed by atoms with Gasteiger partial charge in [-0.1, -0.05) is 18.7 Å². The first-order valence-corrected chi connectivity index (χ1v) is 8.25. The van der Waals surface area contributed by atoms with Crippen LogP contribution < -0.4 is 20.1 Å². The Kier molecular flexibility index (Phi) is 3.84. The maximum absolute atomic E-state index is 12.9. The highest BCUT2D eigenvalue weighted by Crippen LogP contribution is 2.38. The first-order valence-electron chi connectivity index (χ1n) is 8.25. The minimum atomic E-state index is -0.284. The smallest absolute Gasteiger partial charge is 0.216 e. The van der Waals surface area contributed by atoms with Crippen LogP contribution in [0.3, 0.4) is 0 Å². The van der Waals surface area contributed by atoms with E-state index in [4.69, 9.17) is 15.2 Å². The number of nitrogens with one attached hydrogen (secondary N) is 1. The highest BCUT2D eigenvalue weighted by molar-refractivity contribution is 6.33. The van der Waals surface area contributed by atoms with Crippen molar-refractivity contribution in [1.29, 1.82) is 0 Å². The Morgan fingerprint density at radius 2 is 1.78 bits per heavy atom. The van der Waals surface area contributed by atoms with Crippen molar-refractivity contribution in [2.75, 3.05) is 19.1 Å². The second kappa shape index (κ2) is 6.21. The normalized spacial score (nSPS) is 14.4. The van der Waals surface area contributed by atoms with Crippen molar-refractivity contribution in [2.45, 2.75) is 0 Å². The molecular formula is C20H18N4O3. The summed E-state index contributed by atoms with van der Waals surface area (Å²) < 4.78 is 10.6. The molecule has 0 amide bonds. The molecule has 0 radical (unpaired) electrons. The number of allylic oxidation sites excluding steroid dienone is 1. The van der Waals surface area contributed by atoms with E-state index in [1.54, 1.807) is 37.3 Å². The second-order valence-corrected chi connectivity index (χ2v) is 6.04. The van der Waals surface area contributed by atoms with Gasteiger partial charge in [0.25, 0.3) is 0 Å². The molecule has 0 atom stereocenters. The van der Waals surface area contributed by atoms with Gasteiger partial charge in [-0.3, -0.25) is 9.69 Å². The molecule has 0 bridgehead atoms. The number of carbonyl (C=O) groups is 1. The van der Waals surface area contributed by atoms with Gasteiger partial charge in [-0.2, -0.15) is 0 Å². The number of nitrogens with two attached hydrogens (primary N) is 1. The molecule has 0 aliphatic carbocycles. The number of para-hydroxylation sites is 2. The number of hydrogen-bond acceptors (Lipinski definition) is 6. The number of fused-ring (bicyclic) bond motifs is 1. The van der Waals surface area contributed by atoms with Gasteiger partial charge >= 0.3 is 0 Å². The number of imidazole rings is 1. The zero-order valence-electron chi connectivity index (χ0n) is 14.9. The Hall–Kier alpha value is -3.74. The Balaban J connectivity index is 1.85. The van der Waals surface area contributed by atoms with Crippen LogP contribution in [0.5, 0.6) is 11.5 Å². The molecule has 0 saturated carbocycles. The lowest BCUT2D eigenvalue weighted by Crippen LogP contribution is -2.23. The third-order valence-electron chi connectivity index (χ3n) is 4.48. The molecule has 7 nitrogen and oxygen atoms in total. The Bertz CT molecular complexity index is 1060. The fourth-order valence-corrected chi connectivity index (χ4v) is 3.14. The minimum absolute atomic E-state index is 0.235. The third-order valence-corrected chi connectivity index (χ3v) is 4.48. The van der Waals surface area contributed by atoms with Gasteiger partial charge in [-0.05, 0) is 12.1 Å². The van der Waals surface area contributed by atoms with Crippen LogP contribution in [-0.4, -0.2) is 30.0 Å². The van der Waals surface area contributed by atoms with Crippen molar-refractivity contribution in [3.63, 3.8) is 0 Å². The summed E-state index contributed by atoms with van der Waals surface area (Å²) in [6.07, 6.45) is 0. The molecule has 0 unspecified atom stereocenters. The SMILES string of the molecule is C=C1C(=O)C(c2nc3ccccc3[nH]2)=C(N)N1c1cc(OC)cc(OC)c1. The van der Waals surface area contributed by atoms with Crippen LogP contribution in [0.25, 0.3) is 16.6 Å². The van der Waals surface area contributed by atoms with Crippen LogP contribution in [0.15, 0.2) is 60.6 Å². The zero-order valence-corrected chi connectivity index (χ0v) is 14.9. The summed E-state index contributed by atoms with van der Waals surface area (Å²) in [6.45, 7) is 3.92. The first kappa shape index (κ1) is 16.7. The molecule has 3 aromatic rings. The number of rotatable bonds is 4. The molecule has 2 heterocycles. The largest absolute Gasteiger partial charge is 0.497 e. The molecule has 0 saturated heterocycles. The Labute approximate surface area is 155 Å². The highest BCUT2D eigenvalue weighted by atomic mass is 16.5. The van der Waals surface area contributed by atoms with Crippen LogP contribution in [0.2, 0.25) is 0 Å². The van der Waals surface area contributed by atoms with Crippen molar-refractivity contribution >= 4 is 28.1 Å². The van der Waals surface area contributed by atoms with E-state index in [2.05, 4.69) is 16.5 Å². The summed E-state index contributed by atoms with van der Waals surface area (Å²) in [5, 5.41) is 0. The minimum Gasteiger partial charge on any atom is -0.497 e. The number of aromatic nitrogens is 2. The van der Waals surface area contributed by atoms with E-state index in [9.17, 15) is 4.79 Å². The molecule has 0 fully saturated rings. The van der Waals surface area contributed by atoms with E-state index < -0.39 is 0 Å². The summed E-state index contributed by atoms with van der Waals surface area (Å²) in [6, 6.07) is 12.8. The zero-order chi connectivity index (χ0) is 19.1. The quantitative estimate of drug-likeness (QED) is 0.693. The van der Waals surface area contributed by atoms with Gasteiger partial charge in [-0.15, -0.1) is 0 Å². The number of nitrogens with zero attached hydrogens (tertiary/aromatic N) is 2. The molecule has 0 spiro atoms. The Morgan fingerprint density at radius 1 is 1.11 bits per heavy atom. The van der Waals surface area contributed by atoms with Crippen molar-refractivity contribution in [2.24, 2.45) is 5.73 Å². The number of hydrogen-bond donors (Lipinski definition) is 2. The van der Waals surface area contributed by atoms with Crippen LogP contribution >= 0.6 is 0 Å². The molecular weight excluding hydrogens is 344 g/mol. The molecule has 1 aliphatic rings. The van der Waals surface area contributed by atoms with Crippen LogP contribution in [0.1, 0.15) is 5.82 Å². The molecule has 2 aromatic carbocycles. The van der Waals surface area contributed by atoms with Crippen molar-refractivity contribution in [3.05, 3.63) is 66.4 Å². The van der Waals surface area contributed by atoms with E-state index in [1.807, 2.05) is 24.3 Å². The first-order chi connectivity index (χ1) is 13.0. The van der Waals surface area contributed by atoms with Gasteiger partial charge < -0.3 is 20.2 Å². The average Bonchev–Trinajstić information content (AvgIpc) is 3.19. The maximum atomic E-state index is 12.9. The number of anilines is 1. The van der Waals surface area contributed by atoms with Gasteiger partial charge in [0.1, 0.15) is 28.7 Å². The molecule has 27 heavy (non-hydrogen) atoms. The third kappa shape index (κ3) is 2.60. The van der Waals surface area contributed by atoms with E-state index in [0.29, 0.717) is 23.0 Å². The molecule has 3 N–H and O–H groups in total. The summed E-state index contributed by atoms with van der Waals surface area (Å²) >= 11 is 0. The predicted octanol–water partition coefficient (Wildman–Crippen LogP) is 2.81. The number of ketones is 1. The number of aromatic amines is 1. The predicted molar refractivity (Wildman–Crippen MR) is 103 cm³/mol. The summed E-state index contributed by atoms with van der Waals surface area (Å²) in [5.74, 6) is 1.54. The van der Waals surface area contributed by atoms with E-state index in [0.717, 1.165) is 11.0 Å².